The van der Waals surface area contributed by atoms with Gasteiger partial charge in [0.1, 0.15) is 0 Å². The van der Waals surface area contributed by atoms with Crippen LogP contribution in [-0.4, -0.2) is 17.9 Å². The third kappa shape index (κ3) is 2.23. The zero-order chi connectivity index (χ0) is 14.5. The van der Waals surface area contributed by atoms with E-state index in [1.165, 1.54) is 19.3 Å². The van der Waals surface area contributed by atoms with Crippen molar-refractivity contribution in [3.63, 3.8) is 0 Å². The molecule has 4 saturated carbocycles. The minimum Gasteiger partial charge on any atom is -0.548 e. The Balaban J connectivity index is 1.75. The van der Waals surface area contributed by atoms with E-state index in [0.29, 0.717) is 17.8 Å². The Kier molecular flexibility index (Phi) is 3.30. The zero-order valence-electron chi connectivity index (χ0n) is 12.4. The SMILES string of the molecule is CC(C)[C@H](NC(=O)C12CC3CC(CC(C3)C1)C2)C(=O)[O-]. The average molecular weight is 278 g/mol. The van der Waals surface area contributed by atoms with Crippen molar-refractivity contribution in [2.75, 3.05) is 0 Å². The van der Waals surface area contributed by atoms with Crippen LogP contribution in [0.3, 0.4) is 0 Å². The van der Waals surface area contributed by atoms with Gasteiger partial charge < -0.3 is 15.2 Å². The summed E-state index contributed by atoms with van der Waals surface area (Å²) in [5.74, 6) is 0.725. The number of hydrogen-bond acceptors (Lipinski definition) is 3. The first kappa shape index (κ1) is 13.9. The topological polar surface area (TPSA) is 69.2 Å². The second-order valence-electron chi connectivity index (χ2n) is 7.71. The summed E-state index contributed by atoms with van der Waals surface area (Å²) >= 11 is 0. The molecule has 0 spiro atoms. The van der Waals surface area contributed by atoms with Gasteiger partial charge in [0, 0.05) is 5.41 Å². The first-order chi connectivity index (χ1) is 9.39. The lowest BCUT2D eigenvalue weighted by Crippen LogP contribution is -2.58. The van der Waals surface area contributed by atoms with Gasteiger partial charge in [0.2, 0.25) is 5.91 Å². The van der Waals surface area contributed by atoms with Crippen molar-refractivity contribution in [2.24, 2.45) is 29.1 Å². The van der Waals surface area contributed by atoms with E-state index >= 15 is 0 Å². The fraction of sp³-hybridized carbons (Fsp3) is 0.875. The Morgan fingerprint density at radius 3 is 1.85 bits per heavy atom. The van der Waals surface area contributed by atoms with Crippen LogP contribution in [0.2, 0.25) is 0 Å². The van der Waals surface area contributed by atoms with Crippen molar-refractivity contribution >= 4 is 11.9 Å². The molecular formula is C16H24NO3-. The highest BCUT2D eigenvalue weighted by atomic mass is 16.4. The highest BCUT2D eigenvalue weighted by Gasteiger charge is 2.54. The zero-order valence-corrected chi connectivity index (χ0v) is 12.4. The molecule has 0 saturated heterocycles. The molecule has 1 amide bonds. The van der Waals surface area contributed by atoms with E-state index in [1.807, 2.05) is 0 Å². The number of carbonyl (C=O) groups is 2. The van der Waals surface area contributed by atoms with Crippen molar-refractivity contribution in [1.82, 2.24) is 5.32 Å². The molecule has 20 heavy (non-hydrogen) atoms. The van der Waals surface area contributed by atoms with Gasteiger partial charge in [-0.15, -0.1) is 0 Å². The number of carboxylic acids is 1. The number of amides is 1. The van der Waals surface area contributed by atoms with Crippen LogP contribution in [0.4, 0.5) is 0 Å². The predicted octanol–water partition coefficient (Wildman–Crippen LogP) is 1.09. The molecule has 4 bridgehead atoms. The standard InChI is InChI=1S/C16H25NO3/c1-9(2)13(14(18)19)17-15(20)16-6-10-3-11(7-16)5-12(4-10)8-16/h9-13H,3-8H2,1-2H3,(H,17,20)(H,18,19)/p-1/t10?,11?,12?,13-,16?/m0/s1. The van der Waals surface area contributed by atoms with Crippen LogP contribution in [0.25, 0.3) is 0 Å². The second-order valence-corrected chi connectivity index (χ2v) is 7.71. The number of carbonyl (C=O) groups excluding carboxylic acids is 2. The molecule has 0 radical (unpaired) electrons. The van der Waals surface area contributed by atoms with Crippen molar-refractivity contribution in [3.8, 4) is 0 Å². The van der Waals surface area contributed by atoms with Crippen LogP contribution in [0, 0.1) is 29.1 Å². The van der Waals surface area contributed by atoms with Crippen molar-refractivity contribution in [2.45, 2.75) is 58.4 Å². The van der Waals surface area contributed by atoms with Gasteiger partial charge in [-0.05, 0) is 62.2 Å². The minimum atomic E-state index is -1.17. The first-order valence-electron chi connectivity index (χ1n) is 7.91. The van der Waals surface area contributed by atoms with Crippen LogP contribution < -0.4 is 10.4 Å². The van der Waals surface area contributed by atoms with E-state index in [-0.39, 0.29) is 17.2 Å². The van der Waals surface area contributed by atoms with Gasteiger partial charge in [0.05, 0.1) is 12.0 Å². The molecule has 0 aromatic rings. The minimum absolute atomic E-state index is 0.0282. The molecule has 0 heterocycles. The quantitative estimate of drug-likeness (QED) is 0.837. The molecule has 0 aromatic heterocycles. The second kappa shape index (κ2) is 4.74. The number of hydrogen-bond donors (Lipinski definition) is 1. The Bertz CT molecular complexity index is 394. The summed E-state index contributed by atoms with van der Waals surface area (Å²) in [4.78, 5) is 23.9. The molecule has 4 nitrogen and oxygen atoms in total. The lowest BCUT2D eigenvalue weighted by molar-refractivity contribution is -0.309. The van der Waals surface area contributed by atoms with Crippen molar-refractivity contribution in [1.29, 1.82) is 0 Å². The molecular weight excluding hydrogens is 254 g/mol. The highest BCUT2D eigenvalue weighted by Crippen LogP contribution is 2.60. The summed E-state index contributed by atoms with van der Waals surface area (Å²) < 4.78 is 0. The third-order valence-electron chi connectivity index (χ3n) is 5.73. The maximum atomic E-state index is 12.7. The first-order valence-corrected chi connectivity index (χ1v) is 7.91. The summed E-state index contributed by atoms with van der Waals surface area (Å²) in [5, 5.41) is 13.9. The van der Waals surface area contributed by atoms with Gasteiger partial charge in [0.25, 0.3) is 0 Å². The molecule has 112 valence electrons. The van der Waals surface area contributed by atoms with Crippen LogP contribution in [0.15, 0.2) is 0 Å². The maximum absolute atomic E-state index is 12.7. The number of rotatable bonds is 4. The van der Waals surface area contributed by atoms with Crippen LogP contribution in [0.5, 0.6) is 0 Å². The molecule has 4 fully saturated rings. The normalized spacial score (nSPS) is 39.9. The number of aliphatic carboxylic acids is 1. The van der Waals surface area contributed by atoms with E-state index in [0.717, 1.165) is 19.3 Å². The van der Waals surface area contributed by atoms with Gasteiger partial charge >= 0.3 is 0 Å². The molecule has 4 aliphatic rings. The molecule has 0 unspecified atom stereocenters. The number of nitrogens with one attached hydrogen (secondary N) is 1. The van der Waals surface area contributed by atoms with Gasteiger partial charge in [-0.25, -0.2) is 0 Å². The van der Waals surface area contributed by atoms with Crippen LogP contribution in [0.1, 0.15) is 52.4 Å². The monoisotopic (exact) mass is 278 g/mol. The molecule has 4 heteroatoms. The van der Waals surface area contributed by atoms with Gasteiger partial charge in [-0.1, -0.05) is 13.8 Å². The summed E-state index contributed by atoms with van der Waals surface area (Å²) in [7, 11) is 0. The molecule has 0 aliphatic heterocycles. The van der Waals surface area contributed by atoms with E-state index < -0.39 is 12.0 Å². The van der Waals surface area contributed by atoms with E-state index in [4.69, 9.17) is 0 Å². The van der Waals surface area contributed by atoms with E-state index in [9.17, 15) is 14.7 Å². The van der Waals surface area contributed by atoms with Crippen LogP contribution in [-0.2, 0) is 9.59 Å². The van der Waals surface area contributed by atoms with Gasteiger partial charge in [-0.3, -0.25) is 4.79 Å². The Labute approximate surface area is 120 Å². The highest BCUT2D eigenvalue weighted by molar-refractivity contribution is 5.87. The Morgan fingerprint density at radius 1 is 1.05 bits per heavy atom. The summed E-state index contributed by atoms with van der Waals surface area (Å²) in [6.45, 7) is 3.61. The third-order valence-corrected chi connectivity index (χ3v) is 5.73. The lowest BCUT2D eigenvalue weighted by Gasteiger charge is -2.56. The molecule has 4 aliphatic carbocycles. The average Bonchev–Trinajstić information content (AvgIpc) is 2.32. The molecule has 0 aromatic carbocycles. The molecule has 1 N–H and O–H groups in total. The largest absolute Gasteiger partial charge is 0.548 e. The maximum Gasteiger partial charge on any atom is 0.226 e. The molecule has 1 atom stereocenters. The summed E-state index contributed by atoms with van der Waals surface area (Å²) in [6.07, 6.45) is 6.72. The molecule has 4 rings (SSSR count). The fourth-order valence-corrected chi connectivity index (χ4v) is 5.18. The number of carboxylic acid groups (broad SMARTS) is 1. The smallest absolute Gasteiger partial charge is 0.226 e. The van der Waals surface area contributed by atoms with Gasteiger partial charge in [0.15, 0.2) is 0 Å². The fourth-order valence-electron chi connectivity index (χ4n) is 5.18. The summed E-state index contributed by atoms with van der Waals surface area (Å²) in [6, 6.07) is -0.865. The Morgan fingerprint density at radius 2 is 1.50 bits per heavy atom. The lowest BCUT2D eigenvalue weighted by atomic mass is 9.49. The predicted molar refractivity (Wildman–Crippen MR) is 72.4 cm³/mol. The van der Waals surface area contributed by atoms with Gasteiger partial charge in [-0.2, -0.15) is 0 Å². The van der Waals surface area contributed by atoms with Crippen LogP contribution >= 0.6 is 0 Å². The van der Waals surface area contributed by atoms with E-state index in [1.54, 1.807) is 13.8 Å². The van der Waals surface area contributed by atoms with Crippen molar-refractivity contribution in [3.05, 3.63) is 0 Å². The Hall–Kier alpha value is -1.06. The summed E-state index contributed by atoms with van der Waals surface area (Å²) in [5.41, 5.74) is -0.280. The van der Waals surface area contributed by atoms with E-state index in [2.05, 4.69) is 5.32 Å². The van der Waals surface area contributed by atoms with Crippen molar-refractivity contribution < 1.29 is 14.7 Å².